The van der Waals surface area contributed by atoms with Crippen molar-refractivity contribution in [1.82, 2.24) is 30.8 Å². The number of nitrogens with zero attached hydrogens (tertiary/aromatic N) is 3. The third kappa shape index (κ3) is 9.93. The molecule has 3 atom stereocenters. The molecular weight excluding hydrogens is 536 g/mol. The number of urea groups is 1. The van der Waals surface area contributed by atoms with Crippen molar-refractivity contribution in [3.63, 3.8) is 0 Å². The first-order valence-corrected chi connectivity index (χ1v) is 14.2. The van der Waals surface area contributed by atoms with E-state index in [1.165, 1.54) is 0 Å². The minimum absolute atomic E-state index is 0. The van der Waals surface area contributed by atoms with Crippen molar-refractivity contribution in [2.45, 2.75) is 62.3 Å². The summed E-state index contributed by atoms with van der Waals surface area (Å²) in [6, 6.07) is 12.6. The molecule has 0 unspecified atom stereocenters. The van der Waals surface area contributed by atoms with Crippen LogP contribution in [0.2, 0.25) is 0 Å². The number of nitrogens with one attached hydrogen (secondary N) is 3. The average molecular weight is 574 g/mol. The molecule has 1 radical (unpaired) electrons. The van der Waals surface area contributed by atoms with Crippen LogP contribution < -0.4 is 16.0 Å². The van der Waals surface area contributed by atoms with E-state index in [1.807, 2.05) is 48.4 Å². The smallest absolute Gasteiger partial charge is 0.315 e. The zero-order chi connectivity index (χ0) is 25.0. The van der Waals surface area contributed by atoms with Crippen LogP contribution in [0.25, 0.3) is 0 Å². The number of pyridine rings is 2. The van der Waals surface area contributed by atoms with Gasteiger partial charge in [0.05, 0.1) is 12.1 Å². The third-order valence-corrected chi connectivity index (χ3v) is 8.38. The van der Waals surface area contributed by atoms with E-state index in [9.17, 15) is 9.59 Å². The first kappa shape index (κ1) is 29.4. The molecule has 2 aliphatic heterocycles. The zero-order valence-electron chi connectivity index (χ0n) is 21.2. The van der Waals surface area contributed by atoms with Crippen LogP contribution in [-0.2, 0) is 34.7 Å². The second kappa shape index (κ2) is 16.0. The number of rotatable bonds is 15. The van der Waals surface area contributed by atoms with E-state index in [0.29, 0.717) is 18.2 Å². The third-order valence-electron chi connectivity index (χ3n) is 6.87. The first-order chi connectivity index (χ1) is 17.7. The maximum atomic E-state index is 12.3. The van der Waals surface area contributed by atoms with Gasteiger partial charge in [-0.05, 0) is 50.1 Å². The summed E-state index contributed by atoms with van der Waals surface area (Å²) in [4.78, 5) is 35.2. The number of hydrogen-bond donors (Lipinski definition) is 3. The largest absolute Gasteiger partial charge is 0.356 e. The van der Waals surface area contributed by atoms with Gasteiger partial charge in [-0.3, -0.25) is 14.8 Å². The summed E-state index contributed by atoms with van der Waals surface area (Å²) in [7, 11) is 0. The molecule has 0 saturated carbocycles. The van der Waals surface area contributed by atoms with E-state index in [4.69, 9.17) is 0 Å². The molecule has 10 heteroatoms. The van der Waals surface area contributed by atoms with Crippen molar-refractivity contribution in [3.8, 4) is 0 Å². The van der Waals surface area contributed by atoms with Crippen LogP contribution in [-0.4, -0.2) is 76.1 Å². The molecule has 0 aliphatic carbocycles. The molecule has 37 heavy (non-hydrogen) atoms. The van der Waals surface area contributed by atoms with Gasteiger partial charge in [-0.15, -0.1) is 0 Å². The van der Waals surface area contributed by atoms with Crippen molar-refractivity contribution in [3.05, 3.63) is 60.2 Å². The second-order valence-electron chi connectivity index (χ2n) is 9.55. The van der Waals surface area contributed by atoms with Gasteiger partial charge in [0.1, 0.15) is 0 Å². The fourth-order valence-corrected chi connectivity index (χ4v) is 6.41. The maximum absolute atomic E-state index is 12.3. The van der Waals surface area contributed by atoms with Gasteiger partial charge in [0.15, 0.2) is 0 Å². The van der Waals surface area contributed by atoms with Gasteiger partial charge in [-0.25, -0.2) is 4.79 Å². The van der Waals surface area contributed by atoms with Gasteiger partial charge in [0.2, 0.25) is 5.91 Å². The van der Waals surface area contributed by atoms with Gasteiger partial charge in [0.25, 0.3) is 0 Å². The van der Waals surface area contributed by atoms with Crippen LogP contribution in [0.3, 0.4) is 0 Å². The molecular formula is C27H38CuN6O2S. The number of amides is 3. The quantitative estimate of drug-likeness (QED) is 0.172. The maximum Gasteiger partial charge on any atom is 0.315 e. The Morgan fingerprint density at radius 1 is 0.973 bits per heavy atom. The Bertz CT molecular complexity index is 911. The Kier molecular flexibility index (Phi) is 12.7. The van der Waals surface area contributed by atoms with Crippen molar-refractivity contribution in [2.75, 3.05) is 31.9 Å². The second-order valence-corrected chi connectivity index (χ2v) is 10.8. The van der Waals surface area contributed by atoms with E-state index in [2.05, 4.69) is 43.0 Å². The minimum Gasteiger partial charge on any atom is -0.356 e. The van der Waals surface area contributed by atoms with Gasteiger partial charge in [-0.2, -0.15) is 11.8 Å². The summed E-state index contributed by atoms with van der Waals surface area (Å²) in [5.41, 5.74) is 2.21. The molecule has 205 valence electrons. The molecule has 2 saturated heterocycles. The van der Waals surface area contributed by atoms with Crippen molar-refractivity contribution >= 4 is 23.7 Å². The summed E-state index contributed by atoms with van der Waals surface area (Å²) < 4.78 is 0. The SMILES string of the molecule is O=C(CCCC[C@@H]1SC[C@@H]2NC(=O)N[C@@H]21)NCCCN(CCc1ccccn1)CCc1ccccn1.[Cu]. The number of thioether (sulfide) groups is 1. The van der Waals surface area contributed by atoms with Crippen LogP contribution in [0.4, 0.5) is 4.79 Å². The standard InChI is InChI=1S/C27H38N6O2S.Cu/c34-25(11-2-1-10-24-26-23(20-36-24)31-27(35)32-26)30-16-7-17-33(18-12-21-8-3-5-14-28-21)19-13-22-9-4-6-15-29-22;/h3-6,8-9,14-15,23-24,26H,1-2,7,10-13,16-20H2,(H,30,34)(H2,31,32,35);/t23-,24-,26-;/m0./s1. The van der Waals surface area contributed by atoms with Crippen molar-refractivity contribution in [2.24, 2.45) is 0 Å². The Morgan fingerprint density at radius 2 is 1.68 bits per heavy atom. The Hall–Kier alpha value is -2.13. The number of carbonyl (C=O) groups excluding carboxylic acids is 2. The predicted octanol–water partition coefficient (Wildman–Crippen LogP) is 2.79. The molecule has 3 amide bonds. The van der Waals surface area contributed by atoms with Crippen LogP contribution >= 0.6 is 11.8 Å². The normalized spacial score (nSPS) is 20.1. The summed E-state index contributed by atoms with van der Waals surface area (Å²) in [5.74, 6) is 1.12. The number of unbranched alkanes of at least 4 members (excludes halogenated alkanes) is 1. The molecule has 2 aromatic heterocycles. The number of carbonyl (C=O) groups is 2. The van der Waals surface area contributed by atoms with Crippen molar-refractivity contribution in [1.29, 1.82) is 0 Å². The number of hydrogen-bond acceptors (Lipinski definition) is 6. The predicted molar refractivity (Wildman–Crippen MR) is 144 cm³/mol. The summed E-state index contributed by atoms with van der Waals surface area (Å²) >= 11 is 1.93. The molecule has 2 aromatic rings. The summed E-state index contributed by atoms with van der Waals surface area (Å²) in [5, 5.41) is 9.57. The van der Waals surface area contributed by atoms with Gasteiger partial charge < -0.3 is 20.9 Å². The van der Waals surface area contributed by atoms with E-state index in [-0.39, 0.29) is 41.1 Å². The van der Waals surface area contributed by atoms with E-state index in [1.54, 1.807) is 0 Å². The fourth-order valence-electron chi connectivity index (χ4n) is 4.87. The molecule has 3 N–H and O–H groups in total. The molecule has 8 nitrogen and oxygen atoms in total. The fraction of sp³-hybridized carbons (Fsp3) is 0.556. The van der Waals surface area contributed by atoms with Crippen LogP contribution in [0, 0.1) is 0 Å². The number of aromatic nitrogens is 2. The van der Waals surface area contributed by atoms with Gasteiger partial charge in [-0.1, -0.05) is 18.6 Å². The number of fused-ring (bicyclic) bond motifs is 1. The monoisotopic (exact) mass is 573 g/mol. The molecule has 0 aromatic carbocycles. The van der Waals surface area contributed by atoms with Crippen molar-refractivity contribution < 1.29 is 26.7 Å². The van der Waals surface area contributed by atoms with E-state index in [0.717, 1.165) is 75.3 Å². The van der Waals surface area contributed by atoms with E-state index >= 15 is 0 Å². The van der Waals surface area contributed by atoms with Gasteiger partial charge in [0, 0.05) is 90.7 Å². The molecule has 2 fully saturated rings. The van der Waals surface area contributed by atoms with Crippen LogP contribution in [0.5, 0.6) is 0 Å². The van der Waals surface area contributed by atoms with Crippen LogP contribution in [0.1, 0.15) is 43.5 Å². The first-order valence-electron chi connectivity index (χ1n) is 13.1. The molecule has 4 rings (SSSR count). The Morgan fingerprint density at radius 3 is 2.32 bits per heavy atom. The van der Waals surface area contributed by atoms with E-state index < -0.39 is 0 Å². The Labute approximate surface area is 235 Å². The average Bonchev–Trinajstić information content (AvgIpc) is 3.46. The Balaban J connectivity index is 0.00000380. The molecule has 0 bridgehead atoms. The van der Waals surface area contributed by atoms with Gasteiger partial charge >= 0.3 is 6.03 Å². The molecule has 0 spiro atoms. The van der Waals surface area contributed by atoms with Crippen LogP contribution in [0.15, 0.2) is 48.8 Å². The topological polar surface area (TPSA) is 99.2 Å². The summed E-state index contributed by atoms with van der Waals surface area (Å²) in [6.45, 7) is 3.51. The minimum atomic E-state index is -0.0401. The molecule has 4 heterocycles. The zero-order valence-corrected chi connectivity index (χ0v) is 23.0. The summed E-state index contributed by atoms with van der Waals surface area (Å²) in [6.07, 6.45) is 9.95. The molecule has 2 aliphatic rings.